The summed E-state index contributed by atoms with van der Waals surface area (Å²) in [6.45, 7) is 4.87. The van der Waals surface area contributed by atoms with Gasteiger partial charge in [-0.25, -0.2) is 0 Å². The minimum absolute atomic E-state index is 0.0417. The van der Waals surface area contributed by atoms with Crippen LogP contribution in [0.1, 0.15) is 5.56 Å². The first-order valence-electron chi connectivity index (χ1n) is 5.24. The number of nitrogens with zero attached hydrogens (tertiary/aromatic N) is 1. The number of hydrogen-bond donors (Lipinski definition) is 0. The normalized spacial score (nSPS) is 15.9. The Labute approximate surface area is 119 Å². The predicted molar refractivity (Wildman–Crippen MR) is 75.0 cm³/mol. The van der Waals surface area contributed by atoms with Crippen LogP contribution >= 0.6 is 25.8 Å². The highest BCUT2D eigenvalue weighted by Crippen LogP contribution is 2.05. The lowest BCUT2D eigenvalue weighted by molar-refractivity contribution is 0.0342. The summed E-state index contributed by atoms with van der Waals surface area (Å²) in [5, 5.41) is 0. The van der Waals surface area contributed by atoms with Gasteiger partial charge in [-0.15, -0.1) is 0 Å². The minimum Gasteiger partial charge on any atom is -0.379 e. The number of halogens is 2. The number of ether oxygens (including phenoxy) is 1. The molecular formula is C11H14Br2MgNO. The molecule has 1 aromatic rings. The molecule has 5 heteroatoms. The molecule has 1 heterocycles. The van der Waals surface area contributed by atoms with Crippen LogP contribution in [0.4, 0.5) is 0 Å². The Bertz CT molecular complexity index is 268. The van der Waals surface area contributed by atoms with Crippen LogP contribution in [0.3, 0.4) is 0 Å². The van der Waals surface area contributed by atoms with E-state index in [0.29, 0.717) is 0 Å². The highest BCUT2D eigenvalue weighted by atomic mass is 79.9. The highest BCUT2D eigenvalue weighted by Gasteiger charge is 2.09. The molecule has 0 spiro atoms. The Hall–Kier alpha value is 0.866. The van der Waals surface area contributed by atoms with E-state index < -0.39 is 0 Å². The molecule has 1 radical (unpaired) electrons. The fraction of sp³-hybridized carbons (Fsp3) is 0.455. The van der Waals surface area contributed by atoms with Crippen LogP contribution in [0.15, 0.2) is 24.3 Å². The van der Waals surface area contributed by atoms with Crippen molar-refractivity contribution >= 4 is 41.8 Å². The van der Waals surface area contributed by atoms with Gasteiger partial charge in [-0.05, 0) is 17.7 Å². The van der Waals surface area contributed by atoms with Crippen molar-refractivity contribution in [3.05, 3.63) is 35.9 Å². The number of benzene rings is 1. The van der Waals surface area contributed by atoms with Crippen molar-refractivity contribution in [3.63, 3.8) is 0 Å². The molecular weight excluding hydrogens is 346 g/mol. The summed E-state index contributed by atoms with van der Waals surface area (Å²) in [5.74, 6) is 0. The first-order valence-corrected chi connectivity index (χ1v) is 13.0. The van der Waals surface area contributed by atoms with Gasteiger partial charge in [-0.2, -0.15) is 0 Å². The van der Waals surface area contributed by atoms with Crippen molar-refractivity contribution < 1.29 is 4.74 Å². The van der Waals surface area contributed by atoms with E-state index in [-0.39, 0.29) is 16.0 Å². The maximum atomic E-state index is 5.29. The first kappa shape index (κ1) is 14.9. The quantitative estimate of drug-likeness (QED) is 0.752. The maximum absolute atomic E-state index is 5.29. The molecule has 1 fully saturated rings. The smallest absolute Gasteiger partial charge is 0.379 e. The van der Waals surface area contributed by atoms with Crippen LogP contribution < -0.4 is 0 Å². The van der Waals surface area contributed by atoms with Gasteiger partial charge in [-0.1, -0.05) is 18.2 Å². The van der Waals surface area contributed by atoms with E-state index >= 15 is 0 Å². The van der Waals surface area contributed by atoms with Gasteiger partial charge in [0.1, 0.15) is 0 Å². The van der Waals surface area contributed by atoms with E-state index in [1.54, 1.807) is 0 Å². The lowest BCUT2D eigenvalue weighted by atomic mass is 10.2. The molecule has 16 heavy (non-hydrogen) atoms. The third-order valence-electron chi connectivity index (χ3n) is 2.28. The Kier molecular flexibility index (Phi) is 9.19. The largest absolute Gasteiger partial charge is 0.560 e. The molecule has 1 aliphatic rings. The average molecular weight is 360 g/mol. The van der Waals surface area contributed by atoms with Crippen molar-refractivity contribution in [2.45, 2.75) is 6.54 Å². The molecule has 1 aliphatic heterocycles. The molecule has 0 aliphatic carbocycles. The zero-order valence-corrected chi connectivity index (χ0v) is 13.7. The SMILES string of the molecule is [Br][Mg][Br].[c]1cccc(CN2CCOCC2)c1. The third kappa shape index (κ3) is 6.56. The second kappa shape index (κ2) is 9.85. The molecule has 0 unspecified atom stereocenters. The van der Waals surface area contributed by atoms with Crippen molar-refractivity contribution in [1.29, 1.82) is 0 Å². The molecule has 1 saturated heterocycles. The first-order chi connectivity index (χ1) is 7.86. The second-order valence-corrected chi connectivity index (χ2v) is 11.5. The Morgan fingerprint density at radius 3 is 2.62 bits per heavy atom. The maximum Gasteiger partial charge on any atom is 0.560 e. The molecule has 2 rings (SSSR count). The molecule has 0 aromatic heterocycles. The number of morpholine rings is 1. The van der Waals surface area contributed by atoms with Gasteiger partial charge in [0, 0.05) is 19.6 Å². The standard InChI is InChI=1S/C11H14NO.2BrH.Mg/c1-2-4-11(5-3-1)10-12-6-8-13-9-7-12;;;/h1-2,4-5H,6-10H2;2*1H;/q;;;+2/p-2. The van der Waals surface area contributed by atoms with Gasteiger partial charge in [0.25, 0.3) is 0 Å². The van der Waals surface area contributed by atoms with E-state index in [1.807, 2.05) is 12.1 Å². The van der Waals surface area contributed by atoms with Gasteiger partial charge in [0.15, 0.2) is 0 Å². The van der Waals surface area contributed by atoms with E-state index in [1.165, 1.54) is 5.56 Å². The molecule has 0 saturated carbocycles. The summed E-state index contributed by atoms with van der Waals surface area (Å²) in [4.78, 5) is 2.41. The Morgan fingerprint density at radius 2 is 2.06 bits per heavy atom. The van der Waals surface area contributed by atoms with Gasteiger partial charge >= 0.3 is 16.0 Å². The molecule has 0 bridgehead atoms. The predicted octanol–water partition coefficient (Wildman–Crippen LogP) is 2.63. The number of rotatable bonds is 2. The molecule has 0 N–H and O–H groups in total. The average Bonchev–Trinajstić information content (AvgIpc) is 2.33. The van der Waals surface area contributed by atoms with E-state index in [0.717, 1.165) is 32.8 Å². The Morgan fingerprint density at radius 1 is 1.38 bits per heavy atom. The van der Waals surface area contributed by atoms with Gasteiger partial charge < -0.3 is 4.74 Å². The molecule has 0 atom stereocenters. The van der Waals surface area contributed by atoms with Crippen molar-refractivity contribution in [3.8, 4) is 0 Å². The summed E-state index contributed by atoms with van der Waals surface area (Å²) in [5.41, 5.74) is 1.34. The summed E-state index contributed by atoms with van der Waals surface area (Å²) >= 11 is 6.44. The van der Waals surface area contributed by atoms with Crippen molar-refractivity contribution in [2.75, 3.05) is 26.3 Å². The molecule has 85 valence electrons. The van der Waals surface area contributed by atoms with E-state index in [2.05, 4.69) is 48.9 Å². The van der Waals surface area contributed by atoms with E-state index in [9.17, 15) is 0 Å². The summed E-state index contributed by atoms with van der Waals surface area (Å²) in [7, 11) is 0. The fourth-order valence-corrected chi connectivity index (χ4v) is 1.55. The summed E-state index contributed by atoms with van der Waals surface area (Å²) in [6, 6.07) is 11.3. The second-order valence-electron chi connectivity index (χ2n) is 3.40. The Balaban J connectivity index is 0.000000386. The van der Waals surface area contributed by atoms with Crippen molar-refractivity contribution in [1.82, 2.24) is 4.90 Å². The molecule has 2 nitrogen and oxygen atoms in total. The zero-order valence-electron chi connectivity index (χ0n) is 9.16. The summed E-state index contributed by atoms with van der Waals surface area (Å²) < 4.78 is 5.29. The summed E-state index contributed by atoms with van der Waals surface area (Å²) in [6.07, 6.45) is 0. The van der Waals surface area contributed by atoms with Crippen molar-refractivity contribution in [2.24, 2.45) is 0 Å². The van der Waals surface area contributed by atoms with Crippen LogP contribution in [-0.2, 0) is 11.3 Å². The minimum atomic E-state index is 0.0417. The lowest BCUT2D eigenvalue weighted by Crippen LogP contribution is -2.35. The fourth-order valence-electron chi connectivity index (χ4n) is 1.55. The van der Waals surface area contributed by atoms with Crippen LogP contribution in [0.2, 0.25) is 0 Å². The topological polar surface area (TPSA) is 12.5 Å². The monoisotopic (exact) mass is 358 g/mol. The van der Waals surface area contributed by atoms with Gasteiger partial charge in [0.05, 0.1) is 13.2 Å². The van der Waals surface area contributed by atoms with Crippen LogP contribution in [0.5, 0.6) is 0 Å². The lowest BCUT2D eigenvalue weighted by Gasteiger charge is -2.26. The highest BCUT2D eigenvalue weighted by molar-refractivity contribution is 9.47. The zero-order chi connectivity index (χ0) is 11.6. The third-order valence-corrected chi connectivity index (χ3v) is 2.28. The number of hydrogen-bond acceptors (Lipinski definition) is 2. The van der Waals surface area contributed by atoms with Crippen LogP contribution in [0.25, 0.3) is 0 Å². The van der Waals surface area contributed by atoms with E-state index in [4.69, 9.17) is 4.74 Å². The van der Waals surface area contributed by atoms with Crippen LogP contribution in [-0.4, -0.2) is 47.2 Å². The molecule has 0 amide bonds. The van der Waals surface area contributed by atoms with Gasteiger partial charge in [-0.3, -0.25) is 30.7 Å². The van der Waals surface area contributed by atoms with Crippen LogP contribution in [0, 0.1) is 6.07 Å². The van der Waals surface area contributed by atoms with Gasteiger partial charge in [0.2, 0.25) is 0 Å². The molecule has 1 aromatic carbocycles.